The third kappa shape index (κ3) is 4.01. The van der Waals surface area contributed by atoms with Gasteiger partial charge in [0.25, 0.3) is 5.91 Å². The molecule has 0 atom stereocenters. The molecule has 3 rings (SSSR count). The van der Waals surface area contributed by atoms with Crippen molar-refractivity contribution in [2.75, 3.05) is 32.7 Å². The maximum absolute atomic E-state index is 12.8. The summed E-state index contributed by atoms with van der Waals surface area (Å²) < 4.78 is 1.19. The molecule has 1 aromatic heterocycles. The Bertz CT molecular complexity index is 682. The van der Waals surface area contributed by atoms with Crippen molar-refractivity contribution in [2.24, 2.45) is 0 Å². The summed E-state index contributed by atoms with van der Waals surface area (Å²) in [5.41, 5.74) is 1.35. The highest BCUT2D eigenvalue weighted by atomic mass is 32.1. The van der Waals surface area contributed by atoms with Crippen LogP contribution in [0.4, 0.5) is 0 Å². The molecule has 0 radical (unpaired) electrons. The summed E-state index contributed by atoms with van der Waals surface area (Å²) in [5.74, 6) is 0.190. The second kappa shape index (κ2) is 7.28. The molecule has 0 N–H and O–H groups in total. The maximum Gasteiger partial charge on any atom is 0.264 e. The quantitative estimate of drug-likeness (QED) is 0.795. The van der Waals surface area contributed by atoms with Gasteiger partial charge in [-0.05, 0) is 37.8 Å². The first-order valence-corrected chi connectivity index (χ1v) is 9.09. The zero-order chi connectivity index (χ0) is 16.2. The van der Waals surface area contributed by atoms with Crippen LogP contribution >= 0.6 is 11.3 Å². The fraction of sp³-hybridized carbons (Fsp3) is 0.421. The van der Waals surface area contributed by atoms with E-state index in [0.717, 1.165) is 44.0 Å². The van der Waals surface area contributed by atoms with Gasteiger partial charge in [-0.15, -0.1) is 11.3 Å². The van der Waals surface area contributed by atoms with E-state index in [1.165, 1.54) is 15.7 Å². The topological polar surface area (TPSA) is 23.6 Å². The maximum atomic E-state index is 12.8. The molecule has 0 unspecified atom stereocenters. The van der Waals surface area contributed by atoms with Gasteiger partial charge in [-0.2, -0.15) is 0 Å². The van der Waals surface area contributed by atoms with Crippen LogP contribution in [0.1, 0.15) is 29.9 Å². The molecule has 1 amide bonds. The van der Waals surface area contributed by atoms with E-state index in [1.54, 1.807) is 11.3 Å². The molecule has 1 saturated heterocycles. The highest BCUT2D eigenvalue weighted by Gasteiger charge is 2.21. The molecule has 4 heteroatoms. The lowest BCUT2D eigenvalue weighted by molar-refractivity contribution is 0.0767. The molecule has 2 heterocycles. The van der Waals surface area contributed by atoms with Gasteiger partial charge < -0.3 is 4.90 Å². The smallest absolute Gasteiger partial charge is 0.264 e. The number of thiophene rings is 1. The minimum Gasteiger partial charge on any atom is -0.337 e. The Kier molecular flexibility index (Phi) is 5.13. The molecule has 0 spiro atoms. The van der Waals surface area contributed by atoms with Gasteiger partial charge in [-0.25, -0.2) is 0 Å². The number of benzene rings is 1. The Hall–Kier alpha value is -1.65. The van der Waals surface area contributed by atoms with Crippen molar-refractivity contribution in [2.45, 2.75) is 20.3 Å². The van der Waals surface area contributed by atoms with E-state index in [4.69, 9.17) is 0 Å². The second-order valence-electron chi connectivity index (χ2n) is 6.38. The molecule has 3 nitrogen and oxygen atoms in total. The van der Waals surface area contributed by atoms with Crippen LogP contribution in [0.3, 0.4) is 0 Å². The fourth-order valence-electron chi connectivity index (χ4n) is 2.91. The van der Waals surface area contributed by atoms with E-state index in [9.17, 15) is 4.79 Å². The van der Waals surface area contributed by atoms with Crippen LogP contribution in [0.2, 0.25) is 0 Å². The molecule has 0 saturated carbocycles. The van der Waals surface area contributed by atoms with Crippen LogP contribution in [0.5, 0.6) is 0 Å². The first-order chi connectivity index (χ1) is 11.1. The summed E-state index contributed by atoms with van der Waals surface area (Å²) in [7, 11) is 0. The minimum atomic E-state index is 0.190. The number of hydrogen-bond donors (Lipinski definition) is 0. The molecule has 1 fully saturated rings. The van der Waals surface area contributed by atoms with Crippen molar-refractivity contribution >= 4 is 27.3 Å². The van der Waals surface area contributed by atoms with E-state index in [2.05, 4.69) is 37.0 Å². The molecular formula is C19H24N2OS. The van der Waals surface area contributed by atoms with Gasteiger partial charge in [0.2, 0.25) is 0 Å². The Morgan fingerprint density at radius 1 is 1.17 bits per heavy atom. The van der Waals surface area contributed by atoms with Gasteiger partial charge in [0, 0.05) is 37.4 Å². The Labute approximate surface area is 142 Å². The van der Waals surface area contributed by atoms with Crippen LogP contribution in [0, 0.1) is 0 Å². The predicted molar refractivity (Wildman–Crippen MR) is 98.2 cm³/mol. The first-order valence-electron chi connectivity index (χ1n) is 8.27. The number of amides is 1. The van der Waals surface area contributed by atoms with Gasteiger partial charge >= 0.3 is 0 Å². The normalized spacial score (nSPS) is 16.3. The zero-order valence-electron chi connectivity index (χ0n) is 13.9. The zero-order valence-corrected chi connectivity index (χ0v) is 14.7. The number of allylic oxidation sites excluding steroid dienone is 1. The van der Waals surface area contributed by atoms with Crippen molar-refractivity contribution in [1.82, 2.24) is 9.80 Å². The SMILES string of the molecule is CC(C)=CCN1CCCN(C(=O)c2cc3ccccc3s2)CC1. The van der Waals surface area contributed by atoms with Crippen molar-refractivity contribution in [3.8, 4) is 0 Å². The van der Waals surface area contributed by atoms with E-state index < -0.39 is 0 Å². The van der Waals surface area contributed by atoms with Crippen molar-refractivity contribution < 1.29 is 4.79 Å². The molecule has 0 aliphatic carbocycles. The summed E-state index contributed by atoms with van der Waals surface area (Å²) in [6.07, 6.45) is 3.32. The summed E-state index contributed by atoms with van der Waals surface area (Å²) >= 11 is 1.61. The summed E-state index contributed by atoms with van der Waals surface area (Å²) in [5, 5.41) is 1.17. The molecule has 1 aromatic carbocycles. The predicted octanol–water partition coefficient (Wildman–Crippen LogP) is 4.02. The third-order valence-electron chi connectivity index (χ3n) is 4.27. The standard InChI is InChI=1S/C19H24N2OS/c1-15(2)8-11-20-9-5-10-21(13-12-20)19(22)18-14-16-6-3-4-7-17(16)23-18/h3-4,6-8,14H,5,9-13H2,1-2H3. The van der Waals surface area contributed by atoms with Crippen LogP contribution < -0.4 is 0 Å². The van der Waals surface area contributed by atoms with Crippen LogP contribution in [0.25, 0.3) is 10.1 Å². The van der Waals surface area contributed by atoms with Crippen molar-refractivity contribution in [3.05, 3.63) is 46.9 Å². The molecule has 0 bridgehead atoms. The van der Waals surface area contributed by atoms with E-state index in [1.807, 2.05) is 23.1 Å². The third-order valence-corrected chi connectivity index (χ3v) is 5.37. The van der Waals surface area contributed by atoms with Gasteiger partial charge in [-0.3, -0.25) is 9.69 Å². The molecule has 23 heavy (non-hydrogen) atoms. The molecular weight excluding hydrogens is 304 g/mol. The summed E-state index contributed by atoms with van der Waals surface area (Å²) in [6.45, 7) is 8.97. The number of rotatable bonds is 3. The minimum absolute atomic E-state index is 0.190. The Morgan fingerprint density at radius 2 is 2.00 bits per heavy atom. The highest BCUT2D eigenvalue weighted by Crippen LogP contribution is 2.26. The fourth-order valence-corrected chi connectivity index (χ4v) is 3.94. The lowest BCUT2D eigenvalue weighted by Crippen LogP contribution is -2.34. The van der Waals surface area contributed by atoms with Crippen LogP contribution in [-0.4, -0.2) is 48.4 Å². The Balaban J connectivity index is 1.67. The van der Waals surface area contributed by atoms with Gasteiger partial charge in [-0.1, -0.05) is 29.8 Å². The van der Waals surface area contributed by atoms with Crippen molar-refractivity contribution in [3.63, 3.8) is 0 Å². The van der Waals surface area contributed by atoms with Crippen LogP contribution in [0.15, 0.2) is 42.0 Å². The van der Waals surface area contributed by atoms with E-state index in [-0.39, 0.29) is 5.91 Å². The van der Waals surface area contributed by atoms with E-state index >= 15 is 0 Å². The van der Waals surface area contributed by atoms with Gasteiger partial charge in [0.1, 0.15) is 0 Å². The van der Waals surface area contributed by atoms with Gasteiger partial charge in [0.15, 0.2) is 0 Å². The Morgan fingerprint density at radius 3 is 2.78 bits per heavy atom. The van der Waals surface area contributed by atoms with Gasteiger partial charge in [0.05, 0.1) is 4.88 Å². The highest BCUT2D eigenvalue weighted by molar-refractivity contribution is 7.20. The molecule has 1 aliphatic rings. The average molecular weight is 328 g/mol. The number of nitrogens with zero attached hydrogens (tertiary/aromatic N) is 2. The number of carbonyl (C=O) groups is 1. The lowest BCUT2D eigenvalue weighted by Gasteiger charge is -2.20. The lowest BCUT2D eigenvalue weighted by atomic mass is 10.2. The molecule has 122 valence electrons. The summed E-state index contributed by atoms with van der Waals surface area (Å²) in [4.78, 5) is 18.1. The second-order valence-corrected chi connectivity index (χ2v) is 7.46. The van der Waals surface area contributed by atoms with E-state index in [0.29, 0.717) is 0 Å². The first kappa shape index (κ1) is 16.2. The molecule has 1 aliphatic heterocycles. The monoisotopic (exact) mass is 328 g/mol. The van der Waals surface area contributed by atoms with Crippen molar-refractivity contribution in [1.29, 1.82) is 0 Å². The molecule has 2 aromatic rings. The number of carbonyl (C=O) groups excluding carboxylic acids is 1. The summed E-state index contributed by atoms with van der Waals surface area (Å²) in [6, 6.07) is 10.2. The number of hydrogen-bond acceptors (Lipinski definition) is 3. The van der Waals surface area contributed by atoms with Crippen LogP contribution in [-0.2, 0) is 0 Å². The largest absolute Gasteiger partial charge is 0.337 e. The number of fused-ring (bicyclic) bond motifs is 1. The average Bonchev–Trinajstić information content (AvgIpc) is 2.83.